The number of hydrogen-bond acceptors (Lipinski definition) is 8. The van der Waals surface area contributed by atoms with Gasteiger partial charge in [0, 0.05) is 25.2 Å². The first-order valence-electron chi connectivity index (χ1n) is 9.93. The summed E-state index contributed by atoms with van der Waals surface area (Å²) in [5.74, 6) is 1.69. The van der Waals surface area contributed by atoms with Crippen molar-refractivity contribution in [2.24, 2.45) is 0 Å². The molecule has 3 aromatic rings. The Bertz CT molecular complexity index is 1040. The summed E-state index contributed by atoms with van der Waals surface area (Å²) in [6.07, 6.45) is -3.20. The number of aromatic nitrogens is 5. The van der Waals surface area contributed by atoms with Crippen LogP contribution < -0.4 is 4.90 Å². The number of rotatable bonds is 6. The molecule has 0 saturated carbocycles. The van der Waals surface area contributed by atoms with E-state index < -0.39 is 12.7 Å². The minimum Gasteiger partial charge on any atom is -0.378 e. The third-order valence-electron chi connectivity index (χ3n) is 5.17. The van der Waals surface area contributed by atoms with Crippen molar-refractivity contribution in [3.63, 3.8) is 0 Å². The Morgan fingerprint density at radius 1 is 1.13 bits per heavy atom. The lowest BCUT2D eigenvalue weighted by Crippen LogP contribution is -2.37. The summed E-state index contributed by atoms with van der Waals surface area (Å²) in [4.78, 5) is 17.3. The molecule has 0 aliphatic carbocycles. The molecule has 1 saturated heterocycles. The van der Waals surface area contributed by atoms with Crippen LogP contribution in [0.4, 0.5) is 19.0 Å². The van der Waals surface area contributed by atoms with E-state index >= 15 is 0 Å². The highest BCUT2D eigenvalue weighted by Gasteiger charge is 2.30. The number of imidazole rings is 1. The van der Waals surface area contributed by atoms with Gasteiger partial charge in [-0.25, -0.2) is 15.0 Å². The Labute approximate surface area is 176 Å². The molecule has 168 valence electrons. The fraction of sp³-hybridized carbons (Fsp3) is 0.579. The summed E-state index contributed by atoms with van der Waals surface area (Å²) in [7, 11) is 1.89. The van der Waals surface area contributed by atoms with E-state index in [9.17, 15) is 13.2 Å². The number of hydrogen-bond donors (Lipinski definition) is 0. The van der Waals surface area contributed by atoms with Crippen molar-refractivity contribution in [2.45, 2.75) is 39.7 Å². The summed E-state index contributed by atoms with van der Waals surface area (Å²) in [6.45, 7) is 5.68. The van der Waals surface area contributed by atoms with Crippen LogP contribution in [0.25, 0.3) is 11.2 Å². The second kappa shape index (κ2) is 8.42. The zero-order chi connectivity index (χ0) is 22.2. The SMILES string of the molecule is Cc1noc(C)c1CN(C)Cc1nc(N2CCOCC2)c2ncn(CC(F)(F)F)c2n1. The van der Waals surface area contributed by atoms with E-state index in [1.807, 2.05) is 30.7 Å². The Morgan fingerprint density at radius 2 is 1.87 bits per heavy atom. The summed E-state index contributed by atoms with van der Waals surface area (Å²) in [6, 6.07) is 0. The first-order valence-corrected chi connectivity index (χ1v) is 9.93. The Kier molecular flexibility index (Phi) is 5.84. The van der Waals surface area contributed by atoms with E-state index in [-0.39, 0.29) is 5.65 Å². The molecule has 9 nitrogen and oxygen atoms in total. The number of fused-ring (bicyclic) bond motifs is 1. The third kappa shape index (κ3) is 4.79. The number of nitrogens with zero attached hydrogens (tertiary/aromatic N) is 7. The van der Waals surface area contributed by atoms with E-state index in [2.05, 4.69) is 20.1 Å². The Morgan fingerprint density at radius 3 is 2.52 bits per heavy atom. The van der Waals surface area contributed by atoms with Crippen LogP contribution in [0.3, 0.4) is 0 Å². The highest BCUT2D eigenvalue weighted by atomic mass is 19.4. The van der Waals surface area contributed by atoms with Crippen LogP contribution in [0.2, 0.25) is 0 Å². The molecule has 1 fully saturated rings. The van der Waals surface area contributed by atoms with Crippen molar-refractivity contribution in [3.05, 3.63) is 29.2 Å². The molecule has 0 bridgehead atoms. The highest BCUT2D eigenvalue weighted by Crippen LogP contribution is 2.27. The van der Waals surface area contributed by atoms with Gasteiger partial charge in [-0.3, -0.25) is 4.90 Å². The summed E-state index contributed by atoms with van der Waals surface area (Å²) in [5.41, 5.74) is 2.31. The van der Waals surface area contributed by atoms with Crippen molar-refractivity contribution in [1.29, 1.82) is 0 Å². The highest BCUT2D eigenvalue weighted by molar-refractivity contribution is 5.83. The zero-order valence-corrected chi connectivity index (χ0v) is 17.6. The zero-order valence-electron chi connectivity index (χ0n) is 17.6. The van der Waals surface area contributed by atoms with E-state index in [0.717, 1.165) is 21.6 Å². The van der Waals surface area contributed by atoms with Crippen molar-refractivity contribution >= 4 is 17.0 Å². The molecule has 0 atom stereocenters. The molecule has 3 aromatic heterocycles. The van der Waals surface area contributed by atoms with Crippen LogP contribution in [0, 0.1) is 13.8 Å². The smallest absolute Gasteiger partial charge is 0.378 e. The Hall–Kier alpha value is -2.73. The molecule has 4 heterocycles. The van der Waals surface area contributed by atoms with Gasteiger partial charge in [0.05, 0.1) is 31.8 Å². The predicted molar refractivity (Wildman–Crippen MR) is 106 cm³/mol. The van der Waals surface area contributed by atoms with Gasteiger partial charge in [-0.15, -0.1) is 0 Å². The van der Waals surface area contributed by atoms with E-state index in [4.69, 9.17) is 9.26 Å². The number of morpholine rings is 1. The summed E-state index contributed by atoms with van der Waals surface area (Å²) in [5, 5.41) is 3.96. The molecular formula is C19H24F3N7O2. The maximum atomic E-state index is 13.1. The van der Waals surface area contributed by atoms with Gasteiger partial charge in [0.25, 0.3) is 0 Å². The average molecular weight is 439 g/mol. The molecule has 0 N–H and O–H groups in total. The van der Waals surface area contributed by atoms with Crippen molar-refractivity contribution < 1.29 is 22.4 Å². The van der Waals surface area contributed by atoms with Gasteiger partial charge in [-0.2, -0.15) is 13.2 Å². The minimum absolute atomic E-state index is 0.176. The summed E-state index contributed by atoms with van der Waals surface area (Å²) >= 11 is 0. The van der Waals surface area contributed by atoms with Gasteiger partial charge < -0.3 is 18.7 Å². The lowest BCUT2D eigenvalue weighted by Gasteiger charge is -2.28. The van der Waals surface area contributed by atoms with E-state index in [1.165, 1.54) is 6.33 Å². The van der Waals surface area contributed by atoms with Gasteiger partial charge in [0.1, 0.15) is 18.1 Å². The van der Waals surface area contributed by atoms with Crippen LogP contribution in [-0.2, 0) is 24.4 Å². The monoisotopic (exact) mass is 439 g/mol. The van der Waals surface area contributed by atoms with Crippen LogP contribution in [0.5, 0.6) is 0 Å². The minimum atomic E-state index is -4.38. The van der Waals surface area contributed by atoms with Crippen molar-refractivity contribution in [1.82, 2.24) is 29.6 Å². The topological polar surface area (TPSA) is 85.3 Å². The largest absolute Gasteiger partial charge is 0.406 e. The first kappa shape index (κ1) is 21.5. The second-order valence-electron chi connectivity index (χ2n) is 7.70. The molecule has 0 aromatic carbocycles. The lowest BCUT2D eigenvalue weighted by molar-refractivity contribution is -0.140. The van der Waals surface area contributed by atoms with Gasteiger partial charge in [0.2, 0.25) is 0 Å². The number of anilines is 1. The quantitative estimate of drug-likeness (QED) is 0.579. The maximum Gasteiger partial charge on any atom is 0.406 e. The fourth-order valence-electron chi connectivity index (χ4n) is 3.64. The molecule has 0 unspecified atom stereocenters. The van der Waals surface area contributed by atoms with Crippen LogP contribution >= 0.6 is 0 Å². The molecule has 1 aliphatic rings. The average Bonchev–Trinajstić information content (AvgIpc) is 3.25. The van der Waals surface area contributed by atoms with E-state index in [1.54, 1.807) is 0 Å². The summed E-state index contributed by atoms with van der Waals surface area (Å²) < 4.78 is 50.8. The van der Waals surface area contributed by atoms with Crippen molar-refractivity contribution in [2.75, 3.05) is 38.3 Å². The normalized spacial score (nSPS) is 15.4. The molecule has 1 aliphatic heterocycles. The first-order chi connectivity index (χ1) is 14.7. The molecule has 12 heteroatoms. The van der Waals surface area contributed by atoms with Crippen LogP contribution in [0.1, 0.15) is 22.8 Å². The van der Waals surface area contributed by atoms with Gasteiger partial charge in [-0.1, -0.05) is 5.16 Å². The van der Waals surface area contributed by atoms with Crippen molar-refractivity contribution in [3.8, 4) is 0 Å². The number of alkyl halides is 3. The number of ether oxygens (including phenoxy) is 1. The molecule has 4 rings (SSSR count). The standard InChI is InChI=1S/C19H24F3N7O2/c1-12-14(13(2)31-26-12)8-27(3)9-15-24-17(28-4-6-30-7-5-28)16-18(25-15)29(11-23-16)10-19(20,21)22/h11H,4-10H2,1-3H3. The van der Waals surface area contributed by atoms with Gasteiger partial charge >= 0.3 is 6.18 Å². The number of halogens is 3. The number of aryl methyl sites for hydroxylation is 2. The molecule has 31 heavy (non-hydrogen) atoms. The molecule has 0 spiro atoms. The lowest BCUT2D eigenvalue weighted by atomic mass is 10.2. The molecular weight excluding hydrogens is 415 g/mol. The molecule has 0 amide bonds. The van der Waals surface area contributed by atoms with Crippen LogP contribution in [0.15, 0.2) is 10.9 Å². The Balaban J connectivity index is 1.67. The van der Waals surface area contributed by atoms with Gasteiger partial charge in [0.15, 0.2) is 17.0 Å². The van der Waals surface area contributed by atoms with Crippen LogP contribution in [-0.4, -0.2) is 69.1 Å². The van der Waals surface area contributed by atoms with Gasteiger partial charge in [-0.05, 0) is 20.9 Å². The predicted octanol–water partition coefficient (Wildman–Crippen LogP) is 2.46. The maximum absolute atomic E-state index is 13.1. The third-order valence-corrected chi connectivity index (χ3v) is 5.17. The van der Waals surface area contributed by atoms with E-state index in [0.29, 0.717) is 56.6 Å². The second-order valence-corrected chi connectivity index (χ2v) is 7.70. The fourth-order valence-corrected chi connectivity index (χ4v) is 3.64. The molecule has 0 radical (unpaired) electrons.